The minimum Gasteiger partial charge on any atom is -0.384 e. The summed E-state index contributed by atoms with van der Waals surface area (Å²) < 4.78 is 0. The highest BCUT2D eigenvalue weighted by atomic mass is 16.6. The Labute approximate surface area is 167 Å². The van der Waals surface area contributed by atoms with Gasteiger partial charge in [0.2, 0.25) is 5.54 Å². The maximum atomic E-state index is 11.0. The molecular weight excluding hydrogens is 368 g/mol. The van der Waals surface area contributed by atoms with Gasteiger partial charge in [-0.1, -0.05) is 0 Å². The molecule has 0 saturated carbocycles. The summed E-state index contributed by atoms with van der Waals surface area (Å²) in [5.74, 6) is 0. The molecule has 0 fully saturated rings. The van der Waals surface area contributed by atoms with Crippen LogP contribution in [0.5, 0.6) is 0 Å². The topological polar surface area (TPSA) is 110 Å². The van der Waals surface area contributed by atoms with Crippen LogP contribution in [-0.2, 0) is 0 Å². The van der Waals surface area contributed by atoms with Gasteiger partial charge < -0.3 is 10.3 Å². The predicted molar refractivity (Wildman–Crippen MR) is 113 cm³/mol. The van der Waals surface area contributed by atoms with Gasteiger partial charge in [0.1, 0.15) is 5.65 Å². The van der Waals surface area contributed by atoms with E-state index in [4.69, 9.17) is 0 Å². The fourth-order valence-electron chi connectivity index (χ4n) is 3.29. The molecule has 0 saturated heterocycles. The summed E-state index contributed by atoms with van der Waals surface area (Å²) in [6.07, 6.45) is 8.33. The molecule has 0 bridgehead atoms. The lowest BCUT2D eigenvalue weighted by Crippen LogP contribution is -2.31. The summed E-state index contributed by atoms with van der Waals surface area (Å²) in [5.41, 5.74) is 3.51. The average Bonchev–Trinajstić information content (AvgIpc) is 3.09. The van der Waals surface area contributed by atoms with Crippen LogP contribution in [0.3, 0.4) is 0 Å². The second kappa shape index (κ2) is 7.46. The summed E-state index contributed by atoms with van der Waals surface area (Å²) in [7, 11) is 0. The third-order valence-electron chi connectivity index (χ3n) is 5.08. The maximum absolute atomic E-state index is 11.0. The lowest BCUT2D eigenvalue weighted by atomic mass is 10.00. The number of nitro groups is 1. The average molecular weight is 390 g/mol. The van der Waals surface area contributed by atoms with Gasteiger partial charge in [-0.15, -0.1) is 0 Å². The highest BCUT2D eigenvalue weighted by Crippen LogP contribution is 2.29. The second-order valence-corrected chi connectivity index (χ2v) is 7.70. The number of hydrogen-bond donors (Lipinski definition) is 2. The Hall–Kier alpha value is -3.55. The monoisotopic (exact) mass is 390 g/mol. The molecule has 0 spiro atoms. The van der Waals surface area contributed by atoms with E-state index in [-0.39, 0.29) is 4.92 Å². The standard InChI is InChI=1S/C21H22N6O2/c1-21(2,27(28)29)6-4-8-23-15-9-17-16-10-18(14-5-3-7-22-11-14)24-13-19(16)26-20(17)25-12-15/h3,5,7,9-13,23H,4,6,8H2,1-2H3,(H,25,26). The third-order valence-corrected chi connectivity index (χ3v) is 5.08. The smallest absolute Gasteiger partial charge is 0.216 e. The Kier molecular flexibility index (Phi) is 4.84. The molecule has 4 aromatic heterocycles. The molecule has 2 N–H and O–H groups in total. The number of nitrogens with one attached hydrogen (secondary N) is 2. The zero-order valence-corrected chi connectivity index (χ0v) is 16.3. The SMILES string of the molecule is CC(C)(CCCNc1cnc2[nH]c3cnc(-c4cccnc4)cc3c2c1)[N+](=O)[O-]. The summed E-state index contributed by atoms with van der Waals surface area (Å²) in [4.78, 5) is 27.3. The molecule has 0 amide bonds. The van der Waals surface area contributed by atoms with E-state index in [1.165, 1.54) is 0 Å². The third kappa shape index (κ3) is 3.87. The molecule has 8 nitrogen and oxygen atoms in total. The van der Waals surface area contributed by atoms with E-state index >= 15 is 0 Å². The van der Waals surface area contributed by atoms with Gasteiger partial charge in [0.15, 0.2) is 0 Å². The van der Waals surface area contributed by atoms with Crippen molar-refractivity contribution in [2.45, 2.75) is 32.2 Å². The first-order valence-corrected chi connectivity index (χ1v) is 9.50. The van der Waals surface area contributed by atoms with Crippen molar-refractivity contribution in [1.82, 2.24) is 19.9 Å². The Morgan fingerprint density at radius 1 is 1.17 bits per heavy atom. The van der Waals surface area contributed by atoms with Crippen molar-refractivity contribution in [2.75, 3.05) is 11.9 Å². The molecule has 0 aliphatic carbocycles. The second-order valence-electron chi connectivity index (χ2n) is 7.70. The maximum Gasteiger partial charge on any atom is 0.216 e. The molecule has 0 aliphatic heterocycles. The van der Waals surface area contributed by atoms with Crippen molar-refractivity contribution in [3.05, 3.63) is 59.2 Å². The zero-order valence-electron chi connectivity index (χ0n) is 16.3. The van der Waals surface area contributed by atoms with Gasteiger partial charge >= 0.3 is 0 Å². The van der Waals surface area contributed by atoms with E-state index in [0.717, 1.165) is 38.9 Å². The Morgan fingerprint density at radius 3 is 2.79 bits per heavy atom. The number of H-pyrrole nitrogens is 1. The minimum absolute atomic E-state index is 0.222. The van der Waals surface area contributed by atoms with Gasteiger partial charge in [0.05, 0.1) is 29.3 Å². The molecule has 4 heterocycles. The lowest BCUT2D eigenvalue weighted by Gasteiger charge is -2.15. The summed E-state index contributed by atoms with van der Waals surface area (Å²) in [5, 5.41) is 16.4. The first-order chi connectivity index (χ1) is 13.9. The summed E-state index contributed by atoms with van der Waals surface area (Å²) >= 11 is 0. The van der Waals surface area contributed by atoms with Crippen LogP contribution in [0.4, 0.5) is 5.69 Å². The number of fused-ring (bicyclic) bond motifs is 3. The number of hydrogen-bond acceptors (Lipinski definition) is 6. The molecule has 29 heavy (non-hydrogen) atoms. The summed E-state index contributed by atoms with van der Waals surface area (Å²) in [6.45, 7) is 3.95. The van der Waals surface area contributed by atoms with Gasteiger partial charge in [0, 0.05) is 60.5 Å². The molecular formula is C21H22N6O2. The number of anilines is 1. The van der Waals surface area contributed by atoms with Crippen LogP contribution in [0.1, 0.15) is 26.7 Å². The van der Waals surface area contributed by atoms with E-state index in [1.807, 2.05) is 30.5 Å². The molecule has 4 aromatic rings. The number of rotatable bonds is 7. The minimum atomic E-state index is -0.906. The van der Waals surface area contributed by atoms with Crippen molar-refractivity contribution >= 4 is 27.6 Å². The molecule has 4 rings (SSSR count). The lowest BCUT2D eigenvalue weighted by molar-refractivity contribution is -0.561. The Balaban J connectivity index is 1.56. The fourth-order valence-corrected chi connectivity index (χ4v) is 3.29. The van der Waals surface area contributed by atoms with Crippen LogP contribution < -0.4 is 5.32 Å². The van der Waals surface area contributed by atoms with Crippen molar-refractivity contribution in [3.8, 4) is 11.3 Å². The molecule has 0 aliphatic rings. The first kappa shape index (κ1) is 18.8. The molecule has 148 valence electrons. The van der Waals surface area contributed by atoms with Crippen molar-refractivity contribution in [3.63, 3.8) is 0 Å². The summed E-state index contributed by atoms with van der Waals surface area (Å²) in [6, 6.07) is 7.96. The molecule has 0 aromatic carbocycles. The fraction of sp³-hybridized carbons (Fsp3) is 0.286. The highest BCUT2D eigenvalue weighted by Gasteiger charge is 2.29. The van der Waals surface area contributed by atoms with E-state index in [1.54, 1.807) is 32.4 Å². The predicted octanol–water partition coefficient (Wildman–Crippen LogP) is 4.42. The molecule has 8 heteroatoms. The largest absolute Gasteiger partial charge is 0.384 e. The molecule has 0 atom stereocenters. The van der Waals surface area contributed by atoms with Crippen LogP contribution in [0, 0.1) is 10.1 Å². The van der Waals surface area contributed by atoms with E-state index in [0.29, 0.717) is 19.4 Å². The molecule has 0 unspecified atom stereocenters. The van der Waals surface area contributed by atoms with Crippen molar-refractivity contribution < 1.29 is 4.92 Å². The number of aromatic amines is 1. The number of aromatic nitrogens is 4. The quantitative estimate of drug-likeness (QED) is 0.275. The van der Waals surface area contributed by atoms with Gasteiger partial charge in [-0.05, 0) is 30.7 Å². The van der Waals surface area contributed by atoms with Crippen LogP contribution in [0.15, 0.2) is 49.1 Å². The van der Waals surface area contributed by atoms with Crippen LogP contribution in [0.25, 0.3) is 33.2 Å². The number of pyridine rings is 3. The van der Waals surface area contributed by atoms with Crippen LogP contribution in [-0.4, -0.2) is 36.9 Å². The van der Waals surface area contributed by atoms with E-state index in [9.17, 15) is 10.1 Å². The van der Waals surface area contributed by atoms with Gasteiger partial charge in [-0.2, -0.15) is 0 Å². The van der Waals surface area contributed by atoms with E-state index < -0.39 is 5.54 Å². The van der Waals surface area contributed by atoms with Crippen LogP contribution in [0.2, 0.25) is 0 Å². The first-order valence-electron chi connectivity index (χ1n) is 9.50. The van der Waals surface area contributed by atoms with Gasteiger partial charge in [0.25, 0.3) is 0 Å². The van der Waals surface area contributed by atoms with Gasteiger partial charge in [-0.25, -0.2) is 4.98 Å². The van der Waals surface area contributed by atoms with Gasteiger partial charge in [-0.3, -0.25) is 20.1 Å². The Bertz CT molecular complexity index is 1170. The Morgan fingerprint density at radius 2 is 2.03 bits per heavy atom. The number of nitrogens with zero attached hydrogens (tertiary/aromatic N) is 4. The van der Waals surface area contributed by atoms with Crippen LogP contribution >= 0.6 is 0 Å². The zero-order chi connectivity index (χ0) is 20.4. The van der Waals surface area contributed by atoms with E-state index in [2.05, 4.69) is 25.3 Å². The molecule has 0 radical (unpaired) electrons. The van der Waals surface area contributed by atoms with Crippen molar-refractivity contribution in [2.24, 2.45) is 0 Å². The normalized spacial score (nSPS) is 11.8. The highest BCUT2D eigenvalue weighted by molar-refractivity contribution is 6.07. The van der Waals surface area contributed by atoms with Crippen molar-refractivity contribution in [1.29, 1.82) is 0 Å².